The number of allylic oxidation sites excluding steroid dienone is 1. The number of hydrogen-bond acceptors (Lipinski definition) is 10. The second kappa shape index (κ2) is 16.6. The number of benzene rings is 3. The summed E-state index contributed by atoms with van der Waals surface area (Å²) >= 11 is 0. The van der Waals surface area contributed by atoms with E-state index < -0.39 is 15.6 Å². The van der Waals surface area contributed by atoms with Crippen LogP contribution in [0.1, 0.15) is 30.0 Å². The van der Waals surface area contributed by atoms with Crippen LogP contribution in [-0.4, -0.2) is 32.1 Å². The van der Waals surface area contributed by atoms with E-state index in [2.05, 4.69) is 9.05 Å². The summed E-state index contributed by atoms with van der Waals surface area (Å²) < 4.78 is 36.6. The Hall–Kier alpha value is -0.940. The minimum Gasteiger partial charge on any atom is -0.780 e. The molecule has 0 spiro atoms. The van der Waals surface area contributed by atoms with Crippen molar-refractivity contribution < 1.29 is 102 Å². The predicted molar refractivity (Wildman–Crippen MR) is 136 cm³/mol. The Morgan fingerprint density at radius 2 is 1.05 bits per heavy atom. The van der Waals surface area contributed by atoms with Crippen molar-refractivity contribution in [2.75, 3.05) is 27.2 Å². The first kappa shape index (κ1) is 37.1. The fraction of sp³-hybridized carbons (Fsp3) is 0.231. The minimum atomic E-state index is -5.20. The summed E-state index contributed by atoms with van der Waals surface area (Å²) in [7, 11) is -6.48. The van der Waals surface area contributed by atoms with Crippen molar-refractivity contribution in [1.29, 1.82) is 0 Å². The third-order valence-electron chi connectivity index (χ3n) is 5.39. The maximum atomic E-state index is 11.0. The number of phosphoric ester groups is 2. The van der Waals surface area contributed by atoms with Gasteiger partial charge in [-0.15, -0.1) is 0 Å². The first-order valence-corrected chi connectivity index (χ1v) is 14.5. The van der Waals surface area contributed by atoms with E-state index in [-0.39, 0.29) is 70.6 Å². The van der Waals surface area contributed by atoms with Gasteiger partial charge in [0.1, 0.15) is 39.5 Å². The molecule has 204 valence electrons. The summed E-state index contributed by atoms with van der Waals surface area (Å²) in [6, 6.07) is 19.6. The first-order valence-electron chi connectivity index (χ1n) is 11.6. The average Bonchev–Trinajstić information content (AvgIpc) is 2.82. The van der Waals surface area contributed by atoms with Crippen LogP contribution >= 0.6 is 15.6 Å². The Morgan fingerprint density at radius 1 is 0.675 bits per heavy atom. The van der Waals surface area contributed by atoms with Gasteiger partial charge in [0.25, 0.3) is 0 Å². The van der Waals surface area contributed by atoms with Gasteiger partial charge in [-0.25, -0.2) is 0 Å². The van der Waals surface area contributed by atoms with E-state index in [9.17, 15) is 28.7 Å². The largest absolute Gasteiger partial charge is 1.00 e. The maximum absolute atomic E-state index is 11.0. The Balaban J connectivity index is 0.00000400. The van der Waals surface area contributed by atoms with Gasteiger partial charge in [-0.3, -0.25) is 0 Å². The van der Waals surface area contributed by atoms with Crippen molar-refractivity contribution in [2.45, 2.75) is 13.3 Å². The van der Waals surface area contributed by atoms with Crippen LogP contribution in [0.3, 0.4) is 0 Å². The van der Waals surface area contributed by atoms with Gasteiger partial charge in [0.15, 0.2) is 0 Å². The summed E-state index contributed by atoms with van der Waals surface area (Å²) in [5.74, 6) is 0.490. The second-order valence-corrected chi connectivity index (χ2v) is 10.7. The molecule has 0 unspecified atom stereocenters. The quantitative estimate of drug-likeness (QED) is 0.115. The fourth-order valence-electron chi connectivity index (χ4n) is 3.76. The number of hydrogen-bond donors (Lipinski definition) is 0. The van der Waals surface area contributed by atoms with E-state index in [1.807, 2.05) is 50.2 Å². The standard InChI is InChI=1S/C26H31NO9P2.2Na/c1-4-25(19-5-13-23(14-6-19)35-37(28,29)30)26(21-9-15-24(16-10-21)36-38(31,32)33)20-7-11-22(12-8-20)34-18-17-27(2)3;;/h5-16H,4,17-18H2,1-3H3,(H2,28,29,30)(H2,31,32,33);;/q;2*+1/p-4/b26-25+;;. The van der Waals surface area contributed by atoms with Gasteiger partial charge in [-0.2, -0.15) is 0 Å². The molecule has 0 aliphatic heterocycles. The normalized spacial score (nSPS) is 12.1. The topological polar surface area (TPSA) is 157 Å². The van der Waals surface area contributed by atoms with Crippen LogP contribution in [0.25, 0.3) is 11.1 Å². The van der Waals surface area contributed by atoms with Gasteiger partial charge in [0.05, 0.1) is 0 Å². The molecular weight excluding hydrogens is 578 g/mol. The molecule has 0 aliphatic rings. The molecule has 0 heterocycles. The summed E-state index contributed by atoms with van der Waals surface area (Å²) in [6.07, 6.45) is 0.562. The number of nitrogens with zero attached hydrogens (tertiary/aromatic N) is 1. The zero-order valence-corrected chi connectivity index (χ0v) is 28.9. The molecule has 0 radical (unpaired) electrons. The third kappa shape index (κ3) is 12.1. The number of rotatable bonds is 12. The third-order valence-corrected chi connectivity index (χ3v) is 6.25. The molecule has 0 fully saturated rings. The average molecular weight is 605 g/mol. The molecule has 0 aromatic heterocycles. The maximum Gasteiger partial charge on any atom is 1.00 e. The molecular formula is C26H27NNa2O9P2-2. The fourth-order valence-corrected chi connectivity index (χ4v) is 4.52. The van der Waals surface area contributed by atoms with Crippen molar-refractivity contribution in [3.05, 3.63) is 89.5 Å². The smallest absolute Gasteiger partial charge is 0.780 e. The monoisotopic (exact) mass is 605 g/mol. The summed E-state index contributed by atoms with van der Waals surface area (Å²) in [6.45, 7) is 3.23. The molecule has 3 rings (SSSR count). The van der Waals surface area contributed by atoms with Gasteiger partial charge in [0, 0.05) is 6.54 Å². The predicted octanol–water partition coefficient (Wildman–Crippen LogP) is -3.58. The van der Waals surface area contributed by atoms with Crippen molar-refractivity contribution in [3.63, 3.8) is 0 Å². The molecule has 0 N–H and O–H groups in total. The zero-order valence-electron chi connectivity index (χ0n) is 23.1. The van der Waals surface area contributed by atoms with Crippen LogP contribution < -0.4 is 92.5 Å². The number of likely N-dealkylation sites (N-methyl/N-ethyl adjacent to an activating group) is 1. The molecule has 0 amide bonds. The number of phosphoric acid groups is 2. The SMILES string of the molecule is CC/C(=C(/c1ccc(OCCN(C)C)cc1)c1ccc(OP(=O)([O-])[O-])cc1)c1ccc(OP(=O)([O-])[O-])cc1.[Na+].[Na+]. The van der Waals surface area contributed by atoms with Gasteiger partial charge in [-0.05, 0) is 84.8 Å². The zero-order chi connectivity index (χ0) is 27.9. The van der Waals surface area contributed by atoms with E-state index in [1.54, 1.807) is 24.3 Å². The van der Waals surface area contributed by atoms with Crippen LogP contribution in [0.4, 0.5) is 0 Å². The van der Waals surface area contributed by atoms with Crippen molar-refractivity contribution in [2.24, 2.45) is 0 Å². The van der Waals surface area contributed by atoms with E-state index >= 15 is 0 Å². The van der Waals surface area contributed by atoms with Crippen molar-refractivity contribution in [3.8, 4) is 17.2 Å². The molecule has 3 aromatic rings. The Morgan fingerprint density at radius 3 is 1.40 bits per heavy atom. The van der Waals surface area contributed by atoms with Crippen LogP contribution in [0.2, 0.25) is 0 Å². The van der Waals surface area contributed by atoms with E-state index in [0.717, 1.165) is 28.8 Å². The Labute approximate surface area is 278 Å². The minimum absolute atomic E-state index is 0. The second-order valence-electron chi connectivity index (χ2n) is 8.51. The number of ether oxygens (including phenoxy) is 1. The van der Waals surface area contributed by atoms with Crippen LogP contribution in [0.15, 0.2) is 72.8 Å². The molecule has 40 heavy (non-hydrogen) atoms. The van der Waals surface area contributed by atoms with Crippen LogP contribution in [0.5, 0.6) is 17.2 Å². The Kier molecular flexibility index (Phi) is 15.4. The van der Waals surface area contributed by atoms with Gasteiger partial charge < -0.3 is 47.4 Å². The Bertz CT molecular complexity index is 1340. The molecule has 0 atom stereocenters. The van der Waals surface area contributed by atoms with E-state index in [0.29, 0.717) is 24.3 Å². The molecule has 14 heteroatoms. The molecule has 0 bridgehead atoms. The van der Waals surface area contributed by atoms with E-state index in [4.69, 9.17) is 4.74 Å². The van der Waals surface area contributed by atoms with Gasteiger partial charge >= 0.3 is 59.1 Å². The summed E-state index contributed by atoms with van der Waals surface area (Å²) in [4.78, 5) is 45.9. The molecule has 0 saturated carbocycles. The van der Waals surface area contributed by atoms with Gasteiger partial charge in [-0.1, -0.05) is 43.3 Å². The summed E-state index contributed by atoms with van der Waals surface area (Å²) in [5, 5.41) is 0. The van der Waals surface area contributed by atoms with Crippen molar-refractivity contribution >= 4 is 26.8 Å². The molecule has 0 aliphatic carbocycles. The molecule has 3 aromatic carbocycles. The molecule has 10 nitrogen and oxygen atoms in total. The summed E-state index contributed by atoms with van der Waals surface area (Å²) in [5.41, 5.74) is 3.97. The molecule has 0 saturated heterocycles. The van der Waals surface area contributed by atoms with Gasteiger partial charge in [0.2, 0.25) is 0 Å². The van der Waals surface area contributed by atoms with E-state index in [1.165, 1.54) is 24.3 Å². The van der Waals surface area contributed by atoms with Crippen molar-refractivity contribution in [1.82, 2.24) is 4.90 Å². The van der Waals surface area contributed by atoms with Crippen LogP contribution in [0, 0.1) is 0 Å². The van der Waals surface area contributed by atoms with Crippen LogP contribution in [-0.2, 0) is 9.13 Å². The first-order chi connectivity index (χ1) is 17.8.